The summed E-state index contributed by atoms with van der Waals surface area (Å²) in [6.45, 7) is 0. The summed E-state index contributed by atoms with van der Waals surface area (Å²) in [7, 11) is -3.60. The Labute approximate surface area is 62.3 Å². The molecule has 9 heteroatoms. The maximum Gasteiger partial charge on any atom is 0.347 e. The molecule has 0 aliphatic heterocycles. The van der Waals surface area contributed by atoms with Crippen LogP contribution in [0.15, 0.2) is 0 Å². The van der Waals surface area contributed by atoms with Crippen LogP contribution in [0.2, 0.25) is 0 Å². The summed E-state index contributed by atoms with van der Waals surface area (Å²) in [4.78, 5) is 0. The Hall–Kier alpha value is 0.250. The van der Waals surface area contributed by atoms with Gasteiger partial charge in [-0.15, -0.1) is 0 Å². The van der Waals surface area contributed by atoms with Crippen LogP contribution in [-0.2, 0) is 9.46 Å². The van der Waals surface area contributed by atoms with E-state index in [-0.39, 0.29) is 0 Å². The van der Waals surface area contributed by atoms with E-state index in [0.717, 1.165) is 6.26 Å². The van der Waals surface area contributed by atoms with Crippen LogP contribution in [0.1, 0.15) is 0 Å². The molecule has 0 aliphatic rings. The molecular weight excluding hydrogens is 211 g/mol. The molecule has 0 N–H and O–H groups in total. The number of rotatable bonds is 1. The van der Waals surface area contributed by atoms with Crippen molar-refractivity contribution in [1.82, 2.24) is 13.5 Å². The average Bonchev–Trinajstić information content (AvgIpc) is 1.88. The molecule has 1 aromatic rings. The zero-order chi connectivity index (χ0) is 7.61. The van der Waals surface area contributed by atoms with Crippen LogP contribution in [0.25, 0.3) is 0 Å². The van der Waals surface area contributed by atoms with Gasteiger partial charge in [-0.2, -0.15) is 0 Å². The standard InChI is InChI=1S/CH3N3O2P3S/c1-10(5,6)9-3-7-2-8-4-9/h1H3/q+1. The van der Waals surface area contributed by atoms with Crippen molar-refractivity contribution in [1.29, 1.82) is 0 Å². The van der Waals surface area contributed by atoms with Gasteiger partial charge in [-0.05, 0) is 13.5 Å². The van der Waals surface area contributed by atoms with Gasteiger partial charge in [0.1, 0.15) is 0 Å². The smallest absolute Gasteiger partial charge is 0.205 e. The second-order valence-corrected chi connectivity index (χ2v) is 8.88. The Morgan fingerprint density at radius 3 is 2.10 bits per heavy atom. The van der Waals surface area contributed by atoms with E-state index in [1.54, 1.807) is 0 Å². The maximum absolute atomic E-state index is 10.8. The summed E-state index contributed by atoms with van der Waals surface area (Å²) in [5.74, 6) is 0. The topological polar surface area (TPSA) is 72.8 Å². The molecule has 0 bridgehead atoms. The molecule has 0 aliphatic carbocycles. The summed E-state index contributed by atoms with van der Waals surface area (Å²) < 4.78 is 32.7. The third kappa shape index (κ3) is 2.14. The fourth-order valence-electron chi connectivity index (χ4n) is 0.273. The highest BCUT2D eigenvalue weighted by Gasteiger charge is 2.16. The minimum absolute atomic E-state index is 0.486. The maximum atomic E-state index is 10.8. The lowest BCUT2D eigenvalue weighted by Crippen LogP contribution is -1.87. The molecule has 1 aromatic heterocycles. The lowest BCUT2D eigenvalue weighted by atomic mass is 12.0. The van der Waals surface area contributed by atoms with Gasteiger partial charge >= 0.3 is 24.1 Å². The van der Waals surface area contributed by atoms with Crippen LogP contribution in [0.3, 0.4) is 0 Å². The van der Waals surface area contributed by atoms with Crippen molar-refractivity contribution in [2.24, 2.45) is 0 Å². The fraction of sp³-hybridized carbons (Fsp3) is 1.00. The number of nitrogens with zero attached hydrogens (tertiary/aromatic N) is 3. The Kier molecular flexibility index (Phi) is 2.59. The zero-order valence-electron chi connectivity index (χ0n) is 4.91. The zero-order valence-corrected chi connectivity index (χ0v) is 8.41. The molecule has 0 saturated heterocycles. The fourth-order valence-corrected chi connectivity index (χ4v) is 6.40. The minimum atomic E-state index is -3.07. The van der Waals surface area contributed by atoms with E-state index >= 15 is 0 Å². The molecule has 54 valence electrons. The molecule has 0 aromatic carbocycles. The third-order valence-electron chi connectivity index (χ3n) is 0.610. The summed E-state index contributed by atoms with van der Waals surface area (Å²) in [6, 6.07) is 0. The third-order valence-corrected chi connectivity index (χ3v) is 6.80. The van der Waals surface area contributed by atoms with E-state index in [1.165, 1.54) is 0 Å². The molecule has 0 saturated carbocycles. The van der Waals surface area contributed by atoms with Crippen molar-refractivity contribution in [3.8, 4) is 0 Å². The van der Waals surface area contributed by atoms with Gasteiger partial charge in [0.05, 0.1) is 6.26 Å². The van der Waals surface area contributed by atoms with Gasteiger partial charge in [0.2, 0.25) is 0 Å². The lowest BCUT2D eigenvalue weighted by molar-refractivity contribution is 0.615. The molecule has 0 fully saturated rings. The molecule has 0 unspecified atom stereocenters. The van der Waals surface area contributed by atoms with E-state index in [2.05, 4.69) is 13.5 Å². The van der Waals surface area contributed by atoms with Crippen molar-refractivity contribution in [2.45, 2.75) is 0 Å². The van der Waals surface area contributed by atoms with Crippen LogP contribution in [0.4, 0.5) is 0 Å². The molecule has 10 heavy (non-hydrogen) atoms. The van der Waals surface area contributed by atoms with E-state index in [0.29, 0.717) is 17.0 Å². The van der Waals surface area contributed by atoms with Crippen molar-refractivity contribution in [2.75, 3.05) is 6.26 Å². The second kappa shape index (κ2) is 3.10. The second-order valence-electron chi connectivity index (χ2n) is 1.43. The van der Waals surface area contributed by atoms with Gasteiger partial charge in [0.25, 0.3) is 9.46 Å². The van der Waals surface area contributed by atoms with E-state index in [4.69, 9.17) is 0 Å². The van der Waals surface area contributed by atoms with E-state index in [9.17, 15) is 8.42 Å². The van der Waals surface area contributed by atoms with Gasteiger partial charge in [-0.1, -0.05) is 0 Å². The number of hydrogen-bond acceptors (Lipinski definition) is 5. The van der Waals surface area contributed by atoms with E-state index in [1.807, 2.05) is 0 Å². The molecular formula is CH3N3O2P3S+. The van der Waals surface area contributed by atoms with Crippen molar-refractivity contribution < 1.29 is 8.42 Å². The van der Waals surface area contributed by atoms with Gasteiger partial charge in [-0.25, -0.2) is 8.42 Å². The number of hydrogen-bond donors (Lipinski definition) is 0. The first-order valence-corrected chi connectivity index (χ1v) is 7.47. The first-order chi connectivity index (χ1) is 4.61. The molecule has 1 heterocycles. The highest BCUT2D eigenvalue weighted by molar-refractivity contribution is 8.45. The highest BCUT2D eigenvalue weighted by Crippen LogP contribution is 2.27. The quantitative estimate of drug-likeness (QED) is 0.699. The predicted molar refractivity (Wildman–Crippen MR) is 42.2 cm³/mol. The van der Waals surface area contributed by atoms with Crippen LogP contribution in [0.5, 0.6) is 0 Å². The number of aromatic nitrogens is 3. The first-order valence-electron chi connectivity index (χ1n) is 2.12. The van der Waals surface area contributed by atoms with Gasteiger partial charge < -0.3 is 0 Å². The Balaban J connectivity index is 3.22. The van der Waals surface area contributed by atoms with Crippen LogP contribution >= 0.6 is 24.1 Å². The average molecular weight is 214 g/mol. The van der Waals surface area contributed by atoms with Crippen molar-refractivity contribution in [3.63, 3.8) is 0 Å². The van der Waals surface area contributed by atoms with Crippen LogP contribution in [0, 0.1) is 0 Å². The Morgan fingerprint density at radius 1 is 1.30 bits per heavy atom. The van der Waals surface area contributed by atoms with Gasteiger partial charge in [0.15, 0.2) is 0 Å². The minimum Gasteiger partial charge on any atom is -0.205 e. The normalized spacial score (nSPS) is 14.7. The first kappa shape index (κ1) is 8.35. The summed E-state index contributed by atoms with van der Waals surface area (Å²) in [6.07, 6.45) is 1.14. The van der Waals surface area contributed by atoms with Crippen LogP contribution in [-0.4, -0.2) is 28.2 Å². The van der Waals surface area contributed by atoms with Gasteiger partial charge in [0, 0.05) is 0 Å². The predicted octanol–water partition coefficient (Wildman–Crippen LogP) is 1.11. The molecule has 5 nitrogen and oxygen atoms in total. The van der Waals surface area contributed by atoms with Crippen molar-refractivity contribution >= 4 is 33.5 Å². The van der Waals surface area contributed by atoms with Crippen molar-refractivity contribution in [3.05, 3.63) is 0 Å². The summed E-state index contributed by atoms with van der Waals surface area (Å²) in [5, 5.41) is 0. The molecule has 0 atom stereocenters. The highest BCUT2D eigenvalue weighted by atomic mass is 32.8. The van der Waals surface area contributed by atoms with Gasteiger partial charge in [-0.3, -0.25) is 0 Å². The molecule has 0 spiro atoms. The molecule has 1 rings (SSSR count). The molecule has 0 radical (unpaired) electrons. The summed E-state index contributed by atoms with van der Waals surface area (Å²) >= 11 is 0. The largest absolute Gasteiger partial charge is 0.347 e. The SMILES string of the molecule is CS(=O)(=O)[p+]1npnpn1. The lowest BCUT2D eigenvalue weighted by Gasteiger charge is -1.80. The Bertz CT molecular complexity index is 310. The Morgan fingerprint density at radius 2 is 1.80 bits per heavy atom. The molecule has 0 amide bonds. The monoisotopic (exact) mass is 214 g/mol. The summed E-state index contributed by atoms with van der Waals surface area (Å²) in [5.41, 5.74) is 0. The van der Waals surface area contributed by atoms with Crippen LogP contribution < -0.4 is 0 Å². The van der Waals surface area contributed by atoms with E-state index < -0.39 is 16.5 Å².